The van der Waals surface area contributed by atoms with Crippen molar-refractivity contribution < 1.29 is 9.90 Å². The van der Waals surface area contributed by atoms with Crippen LogP contribution in [0.25, 0.3) is 0 Å². The lowest BCUT2D eigenvalue weighted by molar-refractivity contribution is 0.0940. The van der Waals surface area contributed by atoms with Crippen molar-refractivity contribution in [3.63, 3.8) is 0 Å². The molecule has 5 heteroatoms. The molecule has 0 aromatic carbocycles. The second-order valence-corrected chi connectivity index (χ2v) is 1.94. The molecule has 0 radical (unpaired) electrons. The van der Waals surface area contributed by atoms with Gasteiger partial charge >= 0.3 is 0 Å². The van der Waals surface area contributed by atoms with E-state index in [0.29, 0.717) is 5.69 Å². The number of hydrogen-bond acceptors (Lipinski definition) is 3. The summed E-state index contributed by atoms with van der Waals surface area (Å²) >= 11 is 0. The number of rotatable bonds is 3. The minimum absolute atomic E-state index is 0.0557. The molecule has 1 aromatic heterocycles. The normalized spacial score (nSPS) is 9.55. The number of hydrogen-bond donors (Lipinski definition) is 3. The average Bonchev–Trinajstić information content (AvgIpc) is 2.52. The summed E-state index contributed by atoms with van der Waals surface area (Å²) in [5.41, 5.74) is 0.401. The van der Waals surface area contributed by atoms with Crippen LogP contribution in [0.4, 0.5) is 0 Å². The molecule has 1 amide bonds. The third kappa shape index (κ3) is 2.05. The molecule has 0 bridgehead atoms. The van der Waals surface area contributed by atoms with Crippen LogP contribution >= 0.6 is 0 Å². The van der Waals surface area contributed by atoms with Gasteiger partial charge in [-0.05, 0) is 0 Å². The van der Waals surface area contributed by atoms with Crippen molar-refractivity contribution in [2.24, 2.45) is 0 Å². The van der Waals surface area contributed by atoms with E-state index in [-0.39, 0.29) is 19.1 Å². The van der Waals surface area contributed by atoms with Crippen LogP contribution in [0.2, 0.25) is 0 Å². The molecule has 0 fully saturated rings. The van der Waals surface area contributed by atoms with Crippen LogP contribution in [-0.2, 0) is 0 Å². The summed E-state index contributed by atoms with van der Waals surface area (Å²) in [6, 6.07) is 0. The first-order valence-corrected chi connectivity index (χ1v) is 3.22. The quantitative estimate of drug-likeness (QED) is 0.531. The second kappa shape index (κ2) is 3.72. The predicted octanol–water partition coefficient (Wildman–Crippen LogP) is -0.868. The zero-order chi connectivity index (χ0) is 8.10. The third-order valence-electron chi connectivity index (χ3n) is 1.14. The fourth-order valence-electron chi connectivity index (χ4n) is 0.645. The van der Waals surface area contributed by atoms with Crippen molar-refractivity contribution in [2.45, 2.75) is 0 Å². The largest absolute Gasteiger partial charge is 0.395 e. The number of carbonyl (C=O) groups excluding carboxylic acids is 1. The molecule has 0 aliphatic carbocycles. The van der Waals surface area contributed by atoms with Crippen molar-refractivity contribution in [3.8, 4) is 0 Å². The molecule has 3 N–H and O–H groups in total. The Morgan fingerprint density at radius 2 is 2.64 bits per heavy atom. The molecule has 5 nitrogen and oxygen atoms in total. The standard InChI is InChI=1S/C6H9N3O2/c10-2-1-8-6(11)5-3-7-4-9-5/h3-4,10H,1-2H2,(H,7,9)(H,8,11). The summed E-state index contributed by atoms with van der Waals surface area (Å²) in [6.07, 6.45) is 2.85. The number of nitrogens with one attached hydrogen (secondary N) is 2. The van der Waals surface area contributed by atoms with Gasteiger partial charge < -0.3 is 15.4 Å². The van der Waals surface area contributed by atoms with E-state index in [1.165, 1.54) is 12.5 Å². The van der Waals surface area contributed by atoms with Gasteiger partial charge in [0.1, 0.15) is 5.69 Å². The Kier molecular flexibility index (Phi) is 2.62. The zero-order valence-electron chi connectivity index (χ0n) is 5.87. The Morgan fingerprint density at radius 3 is 3.18 bits per heavy atom. The summed E-state index contributed by atoms with van der Waals surface area (Å²) in [6.45, 7) is 0.206. The SMILES string of the molecule is O=C(NCCO)c1cnc[nH]1. The van der Waals surface area contributed by atoms with Crippen molar-refractivity contribution >= 4 is 5.91 Å². The summed E-state index contributed by atoms with van der Waals surface area (Å²) in [5, 5.41) is 10.8. The lowest BCUT2D eigenvalue weighted by Gasteiger charge is -1.98. The van der Waals surface area contributed by atoms with Gasteiger partial charge in [0.15, 0.2) is 0 Å². The topological polar surface area (TPSA) is 78.0 Å². The number of aliphatic hydroxyl groups excluding tert-OH is 1. The Labute approximate surface area is 63.5 Å². The molecule has 1 heterocycles. The molecule has 0 aliphatic heterocycles. The number of nitrogens with zero attached hydrogens (tertiary/aromatic N) is 1. The third-order valence-corrected chi connectivity index (χ3v) is 1.14. The number of aliphatic hydroxyl groups is 1. The molecule has 0 saturated carbocycles. The van der Waals surface area contributed by atoms with Gasteiger partial charge in [0.25, 0.3) is 5.91 Å². The highest BCUT2D eigenvalue weighted by Gasteiger charge is 2.03. The van der Waals surface area contributed by atoms with Crippen molar-refractivity contribution in [1.29, 1.82) is 0 Å². The number of carbonyl (C=O) groups is 1. The van der Waals surface area contributed by atoms with Crippen molar-refractivity contribution in [2.75, 3.05) is 13.2 Å². The van der Waals surface area contributed by atoms with Crippen LogP contribution < -0.4 is 5.32 Å². The zero-order valence-corrected chi connectivity index (χ0v) is 5.87. The maximum atomic E-state index is 11.0. The number of imidazole rings is 1. The van der Waals surface area contributed by atoms with Gasteiger partial charge in [-0.15, -0.1) is 0 Å². The summed E-state index contributed by atoms with van der Waals surface area (Å²) in [7, 11) is 0. The molecule has 0 saturated heterocycles. The molecule has 0 aliphatic rings. The van der Waals surface area contributed by atoms with E-state index in [0.717, 1.165) is 0 Å². The van der Waals surface area contributed by atoms with Gasteiger partial charge in [-0.3, -0.25) is 4.79 Å². The molecule has 0 spiro atoms. The smallest absolute Gasteiger partial charge is 0.269 e. The van der Waals surface area contributed by atoms with Crippen LogP contribution in [0.3, 0.4) is 0 Å². The Bertz CT molecular complexity index is 220. The van der Waals surface area contributed by atoms with Gasteiger partial charge in [0.2, 0.25) is 0 Å². The minimum Gasteiger partial charge on any atom is -0.395 e. The molecular formula is C6H9N3O2. The van der Waals surface area contributed by atoms with E-state index in [1.807, 2.05) is 0 Å². The van der Waals surface area contributed by atoms with Gasteiger partial charge in [0, 0.05) is 6.54 Å². The van der Waals surface area contributed by atoms with Crippen LogP contribution in [-0.4, -0.2) is 34.1 Å². The number of amides is 1. The average molecular weight is 155 g/mol. The van der Waals surface area contributed by atoms with Gasteiger partial charge in [-0.25, -0.2) is 4.98 Å². The van der Waals surface area contributed by atoms with Gasteiger partial charge in [-0.1, -0.05) is 0 Å². The molecule has 11 heavy (non-hydrogen) atoms. The molecular weight excluding hydrogens is 146 g/mol. The summed E-state index contributed by atoms with van der Waals surface area (Å²) in [5.74, 6) is -0.253. The monoisotopic (exact) mass is 155 g/mol. The van der Waals surface area contributed by atoms with Gasteiger partial charge in [-0.2, -0.15) is 0 Å². The first kappa shape index (κ1) is 7.74. The van der Waals surface area contributed by atoms with E-state index in [4.69, 9.17) is 5.11 Å². The molecule has 0 atom stereocenters. The van der Waals surface area contributed by atoms with E-state index < -0.39 is 0 Å². The number of H-pyrrole nitrogens is 1. The molecule has 1 rings (SSSR count). The first-order chi connectivity index (χ1) is 5.34. The van der Waals surface area contributed by atoms with Gasteiger partial charge in [0.05, 0.1) is 19.1 Å². The van der Waals surface area contributed by atoms with Crippen LogP contribution in [0.5, 0.6) is 0 Å². The van der Waals surface area contributed by atoms with Crippen molar-refractivity contribution in [1.82, 2.24) is 15.3 Å². The maximum absolute atomic E-state index is 11.0. The van der Waals surface area contributed by atoms with Crippen LogP contribution in [0, 0.1) is 0 Å². The fourth-order valence-corrected chi connectivity index (χ4v) is 0.645. The van der Waals surface area contributed by atoms with E-state index in [2.05, 4.69) is 15.3 Å². The minimum atomic E-state index is -0.253. The summed E-state index contributed by atoms with van der Waals surface area (Å²) < 4.78 is 0. The number of aromatic nitrogens is 2. The highest BCUT2D eigenvalue weighted by Crippen LogP contribution is 1.88. The Hall–Kier alpha value is -1.36. The summed E-state index contributed by atoms with van der Waals surface area (Å²) in [4.78, 5) is 17.3. The lowest BCUT2D eigenvalue weighted by atomic mass is 10.4. The second-order valence-electron chi connectivity index (χ2n) is 1.94. The molecule has 0 unspecified atom stereocenters. The maximum Gasteiger partial charge on any atom is 0.269 e. The van der Waals surface area contributed by atoms with E-state index >= 15 is 0 Å². The Balaban J connectivity index is 2.43. The van der Waals surface area contributed by atoms with E-state index in [1.54, 1.807) is 0 Å². The molecule has 1 aromatic rings. The first-order valence-electron chi connectivity index (χ1n) is 3.22. The van der Waals surface area contributed by atoms with Crippen molar-refractivity contribution in [3.05, 3.63) is 18.2 Å². The Morgan fingerprint density at radius 1 is 1.82 bits per heavy atom. The fraction of sp³-hybridized carbons (Fsp3) is 0.333. The van der Waals surface area contributed by atoms with E-state index in [9.17, 15) is 4.79 Å². The predicted molar refractivity (Wildman–Crippen MR) is 38.0 cm³/mol. The number of aromatic amines is 1. The highest BCUT2D eigenvalue weighted by molar-refractivity contribution is 5.91. The highest BCUT2D eigenvalue weighted by atomic mass is 16.3. The lowest BCUT2D eigenvalue weighted by Crippen LogP contribution is -2.26. The molecule has 60 valence electrons. The van der Waals surface area contributed by atoms with Crippen LogP contribution in [0.15, 0.2) is 12.5 Å². The van der Waals surface area contributed by atoms with Crippen LogP contribution in [0.1, 0.15) is 10.5 Å².